The molecule has 1 N–H and O–H groups in total. The molecule has 0 saturated carbocycles. The van der Waals surface area contributed by atoms with Crippen molar-refractivity contribution in [1.29, 1.82) is 0 Å². The summed E-state index contributed by atoms with van der Waals surface area (Å²) in [6, 6.07) is 0. The van der Waals surface area contributed by atoms with Gasteiger partial charge in [0.1, 0.15) is 5.82 Å². The molecule has 0 amide bonds. The third kappa shape index (κ3) is 4.72. The van der Waals surface area contributed by atoms with Gasteiger partial charge in [0, 0.05) is 32.4 Å². The molecule has 0 aliphatic rings. The first-order chi connectivity index (χ1) is 8.16. The van der Waals surface area contributed by atoms with Gasteiger partial charge in [-0.25, -0.2) is 4.98 Å². The standard InChI is InChI=1S/C11H18IN3O2/c1-3-17-7-5-13-4-6-15-9(2)14-8-10(12)11(15)16/h8,13H,3-7H2,1-2H3. The molecule has 0 spiro atoms. The molecule has 96 valence electrons. The summed E-state index contributed by atoms with van der Waals surface area (Å²) < 4.78 is 7.55. The van der Waals surface area contributed by atoms with Crippen LogP contribution in [0, 0.1) is 10.5 Å². The maximum Gasteiger partial charge on any atom is 0.266 e. The van der Waals surface area contributed by atoms with Gasteiger partial charge in [-0.3, -0.25) is 9.36 Å². The quantitative estimate of drug-likeness (QED) is 0.583. The van der Waals surface area contributed by atoms with Crippen molar-refractivity contribution in [3.05, 3.63) is 25.9 Å². The highest BCUT2D eigenvalue weighted by molar-refractivity contribution is 14.1. The van der Waals surface area contributed by atoms with E-state index < -0.39 is 0 Å². The number of nitrogens with zero attached hydrogens (tertiary/aromatic N) is 2. The third-order valence-electron chi connectivity index (χ3n) is 2.34. The van der Waals surface area contributed by atoms with E-state index in [2.05, 4.69) is 10.3 Å². The first-order valence-corrected chi connectivity index (χ1v) is 6.75. The Bertz CT molecular complexity index is 406. The second-order valence-electron chi connectivity index (χ2n) is 3.56. The summed E-state index contributed by atoms with van der Waals surface area (Å²) in [7, 11) is 0. The highest BCUT2D eigenvalue weighted by atomic mass is 127. The van der Waals surface area contributed by atoms with Crippen LogP contribution in [0.3, 0.4) is 0 Å². The monoisotopic (exact) mass is 351 g/mol. The topological polar surface area (TPSA) is 56.1 Å². The van der Waals surface area contributed by atoms with Crippen LogP contribution in [-0.2, 0) is 11.3 Å². The first-order valence-electron chi connectivity index (χ1n) is 5.67. The van der Waals surface area contributed by atoms with E-state index in [0.29, 0.717) is 16.7 Å². The van der Waals surface area contributed by atoms with Crippen molar-refractivity contribution in [3.8, 4) is 0 Å². The largest absolute Gasteiger partial charge is 0.380 e. The number of ether oxygens (including phenoxy) is 1. The van der Waals surface area contributed by atoms with E-state index in [1.54, 1.807) is 10.8 Å². The number of nitrogens with one attached hydrogen (secondary N) is 1. The molecule has 0 aliphatic heterocycles. The molecule has 0 saturated heterocycles. The van der Waals surface area contributed by atoms with Crippen LogP contribution in [0.2, 0.25) is 0 Å². The first kappa shape index (κ1) is 14.6. The van der Waals surface area contributed by atoms with Gasteiger partial charge in [0.2, 0.25) is 0 Å². The van der Waals surface area contributed by atoms with Crippen LogP contribution in [-0.4, -0.2) is 35.9 Å². The van der Waals surface area contributed by atoms with E-state index in [4.69, 9.17) is 4.74 Å². The van der Waals surface area contributed by atoms with E-state index in [0.717, 1.165) is 25.5 Å². The van der Waals surface area contributed by atoms with Gasteiger partial charge >= 0.3 is 0 Å². The zero-order valence-corrected chi connectivity index (χ0v) is 12.4. The number of aryl methyl sites for hydroxylation is 1. The summed E-state index contributed by atoms with van der Waals surface area (Å²) in [6.07, 6.45) is 1.61. The molecule has 0 aliphatic carbocycles. The summed E-state index contributed by atoms with van der Waals surface area (Å²) in [4.78, 5) is 16.0. The van der Waals surface area contributed by atoms with Crippen molar-refractivity contribution in [1.82, 2.24) is 14.9 Å². The Kier molecular flexibility index (Phi) is 6.68. The van der Waals surface area contributed by atoms with E-state index >= 15 is 0 Å². The van der Waals surface area contributed by atoms with E-state index in [1.807, 2.05) is 36.4 Å². The van der Waals surface area contributed by atoms with E-state index in [9.17, 15) is 4.79 Å². The molecular formula is C11H18IN3O2. The Hall–Kier alpha value is -0.470. The van der Waals surface area contributed by atoms with Crippen LogP contribution in [0.25, 0.3) is 0 Å². The average Bonchev–Trinajstić information content (AvgIpc) is 2.32. The number of halogens is 1. The van der Waals surface area contributed by atoms with Gasteiger partial charge in [0.15, 0.2) is 0 Å². The molecule has 1 rings (SSSR count). The fraction of sp³-hybridized carbons (Fsp3) is 0.636. The Morgan fingerprint density at radius 3 is 3.00 bits per heavy atom. The fourth-order valence-corrected chi connectivity index (χ4v) is 1.85. The van der Waals surface area contributed by atoms with Crippen LogP contribution >= 0.6 is 22.6 Å². The lowest BCUT2D eigenvalue weighted by atomic mass is 10.5. The van der Waals surface area contributed by atoms with Crippen molar-refractivity contribution in [2.45, 2.75) is 20.4 Å². The summed E-state index contributed by atoms with van der Waals surface area (Å²) >= 11 is 2.01. The predicted octanol–water partition coefficient (Wildman–Crippen LogP) is 0.782. The van der Waals surface area contributed by atoms with Crippen LogP contribution in [0.5, 0.6) is 0 Å². The zero-order chi connectivity index (χ0) is 12.7. The molecule has 1 aromatic heterocycles. The van der Waals surface area contributed by atoms with Gasteiger partial charge in [-0.05, 0) is 36.4 Å². The number of hydrogen-bond acceptors (Lipinski definition) is 4. The minimum atomic E-state index is 0.0321. The molecule has 1 aromatic rings. The molecule has 0 fully saturated rings. The van der Waals surface area contributed by atoms with Crippen molar-refractivity contribution in [2.24, 2.45) is 0 Å². The minimum Gasteiger partial charge on any atom is -0.380 e. The van der Waals surface area contributed by atoms with Crippen molar-refractivity contribution >= 4 is 22.6 Å². The zero-order valence-electron chi connectivity index (χ0n) is 10.2. The van der Waals surface area contributed by atoms with Crippen LogP contribution in [0.4, 0.5) is 0 Å². The smallest absolute Gasteiger partial charge is 0.266 e. The van der Waals surface area contributed by atoms with Gasteiger partial charge in [-0.1, -0.05) is 0 Å². The lowest BCUT2D eigenvalue weighted by molar-refractivity contribution is 0.149. The number of rotatable bonds is 7. The Morgan fingerprint density at radius 1 is 1.53 bits per heavy atom. The highest BCUT2D eigenvalue weighted by Crippen LogP contribution is 1.96. The van der Waals surface area contributed by atoms with Crippen molar-refractivity contribution < 1.29 is 4.74 Å². The van der Waals surface area contributed by atoms with Gasteiger partial charge in [0.05, 0.1) is 10.2 Å². The number of aromatic nitrogens is 2. The SMILES string of the molecule is CCOCCNCCn1c(C)ncc(I)c1=O. The molecule has 0 bridgehead atoms. The minimum absolute atomic E-state index is 0.0321. The van der Waals surface area contributed by atoms with Gasteiger partial charge in [-0.15, -0.1) is 0 Å². The molecule has 5 nitrogen and oxygen atoms in total. The summed E-state index contributed by atoms with van der Waals surface area (Å²) in [6.45, 7) is 7.45. The third-order valence-corrected chi connectivity index (χ3v) is 3.08. The van der Waals surface area contributed by atoms with E-state index in [-0.39, 0.29) is 5.56 Å². The molecule has 0 aromatic carbocycles. The van der Waals surface area contributed by atoms with Crippen LogP contribution < -0.4 is 10.9 Å². The molecule has 1 heterocycles. The fourth-order valence-electron chi connectivity index (χ4n) is 1.42. The average molecular weight is 351 g/mol. The Labute approximate surface area is 115 Å². The maximum absolute atomic E-state index is 11.8. The Morgan fingerprint density at radius 2 is 2.29 bits per heavy atom. The maximum atomic E-state index is 11.8. The lowest BCUT2D eigenvalue weighted by Gasteiger charge is -2.10. The van der Waals surface area contributed by atoms with Gasteiger partial charge < -0.3 is 10.1 Å². The molecular weight excluding hydrogens is 333 g/mol. The molecule has 17 heavy (non-hydrogen) atoms. The number of hydrogen-bond donors (Lipinski definition) is 1. The Balaban J connectivity index is 2.42. The highest BCUT2D eigenvalue weighted by Gasteiger charge is 2.04. The molecule has 0 radical (unpaired) electrons. The van der Waals surface area contributed by atoms with Crippen molar-refractivity contribution in [2.75, 3.05) is 26.3 Å². The van der Waals surface area contributed by atoms with Crippen LogP contribution in [0.15, 0.2) is 11.0 Å². The molecule has 0 atom stereocenters. The molecule has 6 heteroatoms. The lowest BCUT2D eigenvalue weighted by Crippen LogP contribution is -2.31. The van der Waals surface area contributed by atoms with Crippen LogP contribution in [0.1, 0.15) is 12.7 Å². The summed E-state index contributed by atoms with van der Waals surface area (Å²) in [5.74, 6) is 0.752. The van der Waals surface area contributed by atoms with Gasteiger partial charge in [0.25, 0.3) is 5.56 Å². The second-order valence-corrected chi connectivity index (χ2v) is 4.72. The summed E-state index contributed by atoms with van der Waals surface area (Å²) in [5.41, 5.74) is 0.0321. The predicted molar refractivity (Wildman–Crippen MR) is 75.3 cm³/mol. The van der Waals surface area contributed by atoms with Gasteiger partial charge in [-0.2, -0.15) is 0 Å². The molecule has 0 unspecified atom stereocenters. The second kappa shape index (κ2) is 7.78. The normalized spacial score (nSPS) is 10.8. The summed E-state index contributed by atoms with van der Waals surface area (Å²) in [5, 5.41) is 3.23. The van der Waals surface area contributed by atoms with Crippen molar-refractivity contribution in [3.63, 3.8) is 0 Å². The van der Waals surface area contributed by atoms with E-state index in [1.165, 1.54) is 0 Å².